The summed E-state index contributed by atoms with van der Waals surface area (Å²) >= 11 is 4.04. The first-order valence-corrected chi connectivity index (χ1v) is 6.21. The standard InChI is InChI=1S/C5H14OSSi/c1-2-3-4-5-6-8-7/h7H,2-5,8H2,1H3. The van der Waals surface area contributed by atoms with Crippen LogP contribution >= 0.6 is 12.1 Å². The van der Waals surface area contributed by atoms with Gasteiger partial charge in [-0.3, -0.25) is 0 Å². The second-order valence-corrected chi connectivity index (χ2v) is 3.19. The summed E-state index contributed by atoms with van der Waals surface area (Å²) in [4.78, 5) is 0. The van der Waals surface area contributed by atoms with Crippen molar-refractivity contribution in [1.29, 1.82) is 0 Å². The van der Waals surface area contributed by atoms with Gasteiger partial charge in [0.1, 0.15) is 0 Å². The minimum atomic E-state index is -0.420. The molecule has 0 N–H and O–H groups in total. The first-order valence-electron chi connectivity index (χ1n) is 3.10. The van der Waals surface area contributed by atoms with Crippen LogP contribution in [0.5, 0.6) is 0 Å². The lowest BCUT2D eigenvalue weighted by Crippen LogP contribution is -1.93. The lowest BCUT2D eigenvalue weighted by Gasteiger charge is -1.96. The molecule has 0 radical (unpaired) electrons. The molecular formula is C5H14OSSi. The average Bonchev–Trinajstić information content (AvgIpc) is 1.81. The average molecular weight is 150 g/mol. The molecule has 0 bridgehead atoms. The molecule has 1 nitrogen and oxygen atoms in total. The third kappa shape index (κ3) is 6.53. The molecule has 0 aliphatic heterocycles. The van der Waals surface area contributed by atoms with Gasteiger partial charge in [0, 0.05) is 6.61 Å². The highest BCUT2D eigenvalue weighted by Gasteiger charge is 1.83. The number of hydrogen-bond acceptors (Lipinski definition) is 2. The quantitative estimate of drug-likeness (QED) is 0.351. The topological polar surface area (TPSA) is 9.23 Å². The second kappa shape index (κ2) is 7.53. The minimum absolute atomic E-state index is 0.420. The predicted octanol–water partition coefficient (Wildman–Crippen LogP) is 1.12. The highest BCUT2D eigenvalue weighted by molar-refractivity contribution is 8.06. The maximum absolute atomic E-state index is 5.14. The van der Waals surface area contributed by atoms with Crippen LogP contribution in [-0.2, 0) is 4.43 Å². The highest BCUT2D eigenvalue weighted by atomic mass is 32.3. The van der Waals surface area contributed by atoms with E-state index in [0.717, 1.165) is 6.61 Å². The van der Waals surface area contributed by atoms with Crippen molar-refractivity contribution >= 4 is 21.0 Å². The molecule has 0 atom stereocenters. The Kier molecular flexibility index (Phi) is 8.02. The van der Waals surface area contributed by atoms with Gasteiger partial charge in [-0.05, 0) is 6.42 Å². The molecule has 0 saturated heterocycles. The van der Waals surface area contributed by atoms with Crippen LogP contribution in [0, 0.1) is 0 Å². The Labute approximate surface area is 58.8 Å². The monoisotopic (exact) mass is 150 g/mol. The molecule has 8 heavy (non-hydrogen) atoms. The molecule has 3 heteroatoms. The molecule has 0 spiro atoms. The third-order valence-corrected chi connectivity index (χ3v) is 2.00. The van der Waals surface area contributed by atoms with Gasteiger partial charge in [-0.1, -0.05) is 19.8 Å². The maximum atomic E-state index is 5.14. The van der Waals surface area contributed by atoms with Gasteiger partial charge >= 0.3 is 0 Å². The summed E-state index contributed by atoms with van der Waals surface area (Å²) < 4.78 is 5.14. The van der Waals surface area contributed by atoms with E-state index < -0.39 is 8.91 Å². The summed E-state index contributed by atoms with van der Waals surface area (Å²) in [5.41, 5.74) is 0. The molecule has 0 aromatic carbocycles. The zero-order chi connectivity index (χ0) is 6.24. The Morgan fingerprint density at radius 1 is 1.50 bits per heavy atom. The summed E-state index contributed by atoms with van der Waals surface area (Å²) in [5.74, 6) is 0. The molecule has 0 aromatic heterocycles. The van der Waals surface area contributed by atoms with E-state index in [1.54, 1.807) is 0 Å². The number of hydrogen-bond donors (Lipinski definition) is 1. The smallest absolute Gasteiger partial charge is 0.219 e. The molecule has 0 heterocycles. The summed E-state index contributed by atoms with van der Waals surface area (Å²) in [6.45, 7) is 3.13. The Bertz CT molecular complexity index is 37.4. The fraction of sp³-hybridized carbons (Fsp3) is 1.00. The fourth-order valence-corrected chi connectivity index (χ4v) is 1.24. The van der Waals surface area contributed by atoms with E-state index in [9.17, 15) is 0 Å². The van der Waals surface area contributed by atoms with Crippen LogP contribution in [0.3, 0.4) is 0 Å². The van der Waals surface area contributed by atoms with Crippen LogP contribution < -0.4 is 0 Å². The Morgan fingerprint density at radius 3 is 2.75 bits per heavy atom. The normalized spacial score (nSPS) is 11.2. The van der Waals surface area contributed by atoms with Crippen LogP contribution in [-0.4, -0.2) is 15.5 Å². The van der Waals surface area contributed by atoms with Gasteiger partial charge in [-0.2, -0.15) is 12.1 Å². The van der Waals surface area contributed by atoms with Gasteiger partial charge in [0.15, 0.2) is 0 Å². The van der Waals surface area contributed by atoms with E-state index in [-0.39, 0.29) is 0 Å². The largest absolute Gasteiger partial charge is 0.413 e. The molecule has 50 valence electrons. The molecule has 0 aliphatic carbocycles. The SMILES string of the molecule is CCCCCO[SiH2]S. The molecular weight excluding hydrogens is 136 g/mol. The van der Waals surface area contributed by atoms with Crippen molar-refractivity contribution in [3.8, 4) is 0 Å². The molecule has 0 aromatic rings. The van der Waals surface area contributed by atoms with E-state index >= 15 is 0 Å². The van der Waals surface area contributed by atoms with Gasteiger partial charge in [0.05, 0.1) is 0 Å². The molecule has 0 fully saturated rings. The minimum Gasteiger partial charge on any atom is -0.413 e. The lowest BCUT2D eigenvalue weighted by atomic mass is 10.3. The van der Waals surface area contributed by atoms with Crippen LogP contribution in [0.4, 0.5) is 0 Å². The van der Waals surface area contributed by atoms with Crippen molar-refractivity contribution in [3.63, 3.8) is 0 Å². The van der Waals surface area contributed by atoms with E-state index in [2.05, 4.69) is 19.0 Å². The van der Waals surface area contributed by atoms with Gasteiger partial charge in [-0.25, -0.2) is 0 Å². The van der Waals surface area contributed by atoms with Crippen molar-refractivity contribution in [2.24, 2.45) is 0 Å². The van der Waals surface area contributed by atoms with Crippen molar-refractivity contribution in [1.82, 2.24) is 0 Å². The Hall–Kier alpha value is 0.527. The van der Waals surface area contributed by atoms with Crippen molar-refractivity contribution < 1.29 is 4.43 Å². The summed E-state index contributed by atoms with van der Waals surface area (Å²) in [6.07, 6.45) is 3.78. The number of thiol groups is 1. The summed E-state index contributed by atoms with van der Waals surface area (Å²) in [7, 11) is -0.420. The highest BCUT2D eigenvalue weighted by Crippen LogP contribution is 1.93. The van der Waals surface area contributed by atoms with Crippen molar-refractivity contribution in [3.05, 3.63) is 0 Å². The van der Waals surface area contributed by atoms with E-state index in [1.165, 1.54) is 19.3 Å². The molecule has 0 amide bonds. The van der Waals surface area contributed by atoms with Gasteiger partial charge < -0.3 is 4.43 Å². The van der Waals surface area contributed by atoms with Crippen LogP contribution in [0.15, 0.2) is 0 Å². The number of rotatable bonds is 5. The fourth-order valence-electron chi connectivity index (χ4n) is 0.519. The van der Waals surface area contributed by atoms with Crippen LogP contribution in [0.25, 0.3) is 0 Å². The van der Waals surface area contributed by atoms with E-state index in [1.807, 2.05) is 0 Å². The zero-order valence-electron chi connectivity index (χ0n) is 5.39. The van der Waals surface area contributed by atoms with Gasteiger partial charge in [-0.15, -0.1) is 0 Å². The Balaban J connectivity index is 2.53. The summed E-state index contributed by atoms with van der Waals surface area (Å²) in [5, 5.41) is 0. The van der Waals surface area contributed by atoms with Gasteiger partial charge in [0.25, 0.3) is 0 Å². The first-order chi connectivity index (χ1) is 3.91. The van der Waals surface area contributed by atoms with E-state index in [0.29, 0.717) is 0 Å². The first kappa shape index (κ1) is 8.53. The molecule has 0 aliphatic rings. The van der Waals surface area contributed by atoms with Crippen molar-refractivity contribution in [2.75, 3.05) is 6.61 Å². The second-order valence-electron chi connectivity index (χ2n) is 1.74. The lowest BCUT2D eigenvalue weighted by molar-refractivity contribution is 0.332. The third-order valence-electron chi connectivity index (χ3n) is 0.984. The zero-order valence-corrected chi connectivity index (χ0v) is 7.70. The van der Waals surface area contributed by atoms with Crippen LogP contribution in [0.1, 0.15) is 26.2 Å². The maximum Gasteiger partial charge on any atom is 0.219 e. The Morgan fingerprint density at radius 2 is 2.25 bits per heavy atom. The predicted molar refractivity (Wildman–Crippen MR) is 43.0 cm³/mol. The van der Waals surface area contributed by atoms with E-state index in [4.69, 9.17) is 4.43 Å². The molecule has 0 rings (SSSR count). The van der Waals surface area contributed by atoms with Crippen LogP contribution in [0.2, 0.25) is 0 Å². The number of unbranched alkanes of at least 4 members (excludes halogenated alkanes) is 2. The summed E-state index contributed by atoms with van der Waals surface area (Å²) in [6, 6.07) is 0. The molecule has 0 saturated carbocycles. The van der Waals surface area contributed by atoms with Gasteiger partial charge in [0.2, 0.25) is 8.91 Å². The van der Waals surface area contributed by atoms with Crippen molar-refractivity contribution in [2.45, 2.75) is 26.2 Å². The molecule has 0 unspecified atom stereocenters.